The number of phenols is 1. The number of anilines is 2. The molecule has 3 N–H and O–H groups in total. The SMILES string of the molecule is Cc1ccc(NS(=O)(=O)c2ccc3c(c2)C2C=CCC2C(c2c(O)ccc4ccccc24)N3)c(C)c1. The minimum absolute atomic E-state index is 0.0564. The van der Waals surface area contributed by atoms with Gasteiger partial charge in [-0.3, -0.25) is 4.72 Å². The van der Waals surface area contributed by atoms with E-state index in [2.05, 4.69) is 28.3 Å². The summed E-state index contributed by atoms with van der Waals surface area (Å²) in [5.41, 5.74) is 5.31. The Bertz CT molecular complexity index is 1640. The number of nitrogens with one attached hydrogen (secondary N) is 2. The fraction of sp³-hybridized carbons (Fsp3) is 0.200. The van der Waals surface area contributed by atoms with E-state index in [0.717, 1.165) is 45.1 Å². The van der Waals surface area contributed by atoms with Gasteiger partial charge in [0.25, 0.3) is 10.0 Å². The zero-order chi connectivity index (χ0) is 25.0. The van der Waals surface area contributed by atoms with Crippen LogP contribution in [0.4, 0.5) is 11.4 Å². The standard InChI is InChI=1S/C30H28N2O3S/c1-18-10-13-26(19(2)16-18)32-36(34,35)21-12-14-27-25(17-21)23-8-5-9-24(23)30(31-27)29-22-7-4-3-6-20(22)11-15-28(29)33/h3-8,10-17,23-24,30-33H,9H2,1-2H3. The Morgan fingerprint density at radius 3 is 2.64 bits per heavy atom. The van der Waals surface area contributed by atoms with Crippen LogP contribution in [0.25, 0.3) is 10.8 Å². The van der Waals surface area contributed by atoms with Crippen molar-refractivity contribution in [3.63, 3.8) is 0 Å². The summed E-state index contributed by atoms with van der Waals surface area (Å²) in [7, 11) is -3.75. The number of rotatable bonds is 4. The van der Waals surface area contributed by atoms with Crippen molar-refractivity contribution < 1.29 is 13.5 Å². The van der Waals surface area contributed by atoms with Gasteiger partial charge in [-0.2, -0.15) is 0 Å². The summed E-state index contributed by atoms with van der Waals surface area (Å²) in [6.45, 7) is 3.89. The van der Waals surface area contributed by atoms with E-state index in [9.17, 15) is 13.5 Å². The Labute approximate surface area is 211 Å². The van der Waals surface area contributed by atoms with Gasteiger partial charge in [0, 0.05) is 17.2 Å². The van der Waals surface area contributed by atoms with Gasteiger partial charge in [0.05, 0.1) is 16.6 Å². The molecule has 6 heteroatoms. The third-order valence-electron chi connectivity index (χ3n) is 7.53. The monoisotopic (exact) mass is 496 g/mol. The summed E-state index contributed by atoms with van der Waals surface area (Å²) in [6.07, 6.45) is 5.19. The number of hydrogen-bond donors (Lipinski definition) is 3. The fourth-order valence-electron chi connectivity index (χ4n) is 5.77. The number of sulfonamides is 1. The molecule has 1 heterocycles. The van der Waals surface area contributed by atoms with Crippen LogP contribution in [-0.2, 0) is 10.0 Å². The molecular formula is C30H28N2O3S. The van der Waals surface area contributed by atoms with Crippen LogP contribution in [0.15, 0.2) is 89.8 Å². The second-order valence-electron chi connectivity index (χ2n) is 9.87. The van der Waals surface area contributed by atoms with E-state index in [-0.39, 0.29) is 28.5 Å². The van der Waals surface area contributed by atoms with Gasteiger partial charge in [-0.25, -0.2) is 8.42 Å². The van der Waals surface area contributed by atoms with Crippen LogP contribution in [0.2, 0.25) is 0 Å². The molecule has 3 atom stereocenters. The minimum atomic E-state index is -3.75. The predicted molar refractivity (Wildman–Crippen MR) is 145 cm³/mol. The zero-order valence-corrected chi connectivity index (χ0v) is 21.0. The highest BCUT2D eigenvalue weighted by Gasteiger charge is 2.40. The van der Waals surface area contributed by atoms with Gasteiger partial charge in [0.1, 0.15) is 5.75 Å². The van der Waals surface area contributed by atoms with E-state index in [1.54, 1.807) is 24.3 Å². The predicted octanol–water partition coefficient (Wildman–Crippen LogP) is 6.79. The Hall–Kier alpha value is -3.77. The van der Waals surface area contributed by atoms with Crippen molar-refractivity contribution in [1.29, 1.82) is 0 Å². The fourth-order valence-corrected chi connectivity index (χ4v) is 6.93. The van der Waals surface area contributed by atoms with Gasteiger partial charge >= 0.3 is 0 Å². The Morgan fingerprint density at radius 2 is 1.81 bits per heavy atom. The maximum atomic E-state index is 13.3. The third-order valence-corrected chi connectivity index (χ3v) is 8.89. The largest absolute Gasteiger partial charge is 0.508 e. The molecule has 0 spiro atoms. The molecule has 0 amide bonds. The molecule has 1 aliphatic carbocycles. The van der Waals surface area contributed by atoms with Crippen molar-refractivity contribution in [3.8, 4) is 5.75 Å². The second kappa shape index (κ2) is 8.42. The highest BCUT2D eigenvalue weighted by Crippen LogP contribution is 2.52. The summed E-state index contributed by atoms with van der Waals surface area (Å²) in [5, 5.41) is 16.7. The van der Waals surface area contributed by atoms with Gasteiger partial charge in [-0.15, -0.1) is 0 Å². The quantitative estimate of drug-likeness (QED) is 0.272. The zero-order valence-electron chi connectivity index (χ0n) is 20.2. The normalized spacial score (nSPS) is 20.6. The smallest absolute Gasteiger partial charge is 0.261 e. The number of benzene rings is 4. The maximum absolute atomic E-state index is 13.3. The lowest BCUT2D eigenvalue weighted by atomic mass is 9.76. The number of aromatic hydroxyl groups is 1. The number of phenolic OH excluding ortho intramolecular Hbond substituents is 1. The molecule has 4 aromatic carbocycles. The van der Waals surface area contributed by atoms with Crippen molar-refractivity contribution in [2.24, 2.45) is 5.92 Å². The topological polar surface area (TPSA) is 78.4 Å². The number of hydrogen-bond acceptors (Lipinski definition) is 4. The van der Waals surface area contributed by atoms with Crippen LogP contribution in [0.5, 0.6) is 5.75 Å². The van der Waals surface area contributed by atoms with Gasteiger partial charge < -0.3 is 10.4 Å². The van der Waals surface area contributed by atoms with E-state index >= 15 is 0 Å². The van der Waals surface area contributed by atoms with Gasteiger partial charge in [0.2, 0.25) is 0 Å². The molecule has 0 saturated carbocycles. The van der Waals surface area contributed by atoms with Crippen LogP contribution in [-0.4, -0.2) is 13.5 Å². The van der Waals surface area contributed by atoms with Crippen LogP contribution in [0.1, 0.15) is 40.6 Å². The maximum Gasteiger partial charge on any atom is 0.261 e. The average Bonchev–Trinajstić information content (AvgIpc) is 3.36. The number of fused-ring (bicyclic) bond motifs is 4. The van der Waals surface area contributed by atoms with Gasteiger partial charge in [-0.05, 0) is 78.4 Å². The van der Waals surface area contributed by atoms with Crippen molar-refractivity contribution in [3.05, 3.63) is 107 Å². The van der Waals surface area contributed by atoms with E-state index in [0.29, 0.717) is 5.69 Å². The van der Waals surface area contributed by atoms with Crippen LogP contribution >= 0.6 is 0 Å². The van der Waals surface area contributed by atoms with Gasteiger partial charge in [-0.1, -0.05) is 60.2 Å². The molecule has 0 saturated heterocycles. The number of allylic oxidation sites excluding steroid dienone is 2. The average molecular weight is 497 g/mol. The molecule has 0 radical (unpaired) electrons. The van der Waals surface area contributed by atoms with Crippen molar-refractivity contribution in [2.75, 3.05) is 10.0 Å². The first-order valence-electron chi connectivity index (χ1n) is 12.2. The third kappa shape index (κ3) is 3.73. The molecule has 1 aliphatic heterocycles. The summed E-state index contributed by atoms with van der Waals surface area (Å²) < 4.78 is 29.4. The molecule has 0 fully saturated rings. The molecule has 6 rings (SSSR count). The van der Waals surface area contributed by atoms with Gasteiger partial charge in [0.15, 0.2) is 0 Å². The Kier molecular flexibility index (Phi) is 5.30. The summed E-state index contributed by atoms with van der Waals surface area (Å²) in [6, 6.07) is 22.7. The Morgan fingerprint density at radius 1 is 0.972 bits per heavy atom. The van der Waals surface area contributed by atoms with Crippen molar-refractivity contribution in [1.82, 2.24) is 0 Å². The molecule has 5 nitrogen and oxygen atoms in total. The molecule has 36 heavy (non-hydrogen) atoms. The van der Waals surface area contributed by atoms with E-state index < -0.39 is 10.0 Å². The summed E-state index contributed by atoms with van der Waals surface area (Å²) >= 11 is 0. The summed E-state index contributed by atoms with van der Waals surface area (Å²) in [4.78, 5) is 0.244. The van der Waals surface area contributed by atoms with Crippen molar-refractivity contribution >= 4 is 32.2 Å². The lowest BCUT2D eigenvalue weighted by molar-refractivity contribution is 0.404. The van der Waals surface area contributed by atoms with Crippen LogP contribution < -0.4 is 10.0 Å². The number of aryl methyl sites for hydroxylation is 2. The van der Waals surface area contributed by atoms with Crippen LogP contribution in [0, 0.1) is 19.8 Å². The molecule has 4 aromatic rings. The first kappa shape index (κ1) is 22.7. The molecule has 3 unspecified atom stereocenters. The Balaban J connectivity index is 1.39. The lowest BCUT2D eigenvalue weighted by Crippen LogP contribution is -2.29. The molecule has 0 aromatic heterocycles. The van der Waals surface area contributed by atoms with Crippen molar-refractivity contribution in [2.45, 2.75) is 37.1 Å². The van der Waals surface area contributed by atoms with E-state index in [4.69, 9.17) is 0 Å². The molecule has 182 valence electrons. The first-order chi connectivity index (χ1) is 17.3. The summed E-state index contributed by atoms with van der Waals surface area (Å²) in [5.74, 6) is 0.498. The van der Waals surface area contributed by atoms with Crippen LogP contribution in [0.3, 0.4) is 0 Å². The van der Waals surface area contributed by atoms with E-state index in [1.165, 1.54) is 0 Å². The highest BCUT2D eigenvalue weighted by molar-refractivity contribution is 7.92. The molecular weight excluding hydrogens is 468 g/mol. The lowest BCUT2D eigenvalue weighted by Gasteiger charge is -2.38. The molecule has 0 bridgehead atoms. The first-order valence-corrected chi connectivity index (χ1v) is 13.7. The molecule has 2 aliphatic rings. The minimum Gasteiger partial charge on any atom is -0.508 e. The highest BCUT2D eigenvalue weighted by atomic mass is 32.2. The second-order valence-corrected chi connectivity index (χ2v) is 11.6. The van der Waals surface area contributed by atoms with E-state index in [1.807, 2.05) is 56.3 Å².